The molecule has 0 fully saturated rings. The molecule has 2 aromatic carbocycles. The Morgan fingerprint density at radius 2 is 1.70 bits per heavy atom. The average Bonchev–Trinajstić information content (AvgIpc) is 2.56. The van der Waals surface area contributed by atoms with Crippen LogP contribution in [0.2, 0.25) is 0 Å². The van der Waals surface area contributed by atoms with Gasteiger partial charge in [-0.25, -0.2) is 13.1 Å². The van der Waals surface area contributed by atoms with Crippen LogP contribution in [0, 0.1) is 6.92 Å². The van der Waals surface area contributed by atoms with Gasteiger partial charge in [0.15, 0.2) is 0 Å². The van der Waals surface area contributed by atoms with Crippen LogP contribution in [-0.2, 0) is 14.8 Å². The van der Waals surface area contributed by atoms with Crippen LogP contribution in [0.5, 0.6) is 5.75 Å². The number of aryl methyl sites for hydroxylation is 1. The number of rotatable bonds is 7. The number of sulfonamides is 1. The molecule has 0 aliphatic rings. The van der Waals surface area contributed by atoms with Gasteiger partial charge in [-0.15, -0.1) is 0 Å². The van der Waals surface area contributed by atoms with Crippen LogP contribution in [0.4, 0.5) is 0 Å². The van der Waals surface area contributed by atoms with Gasteiger partial charge < -0.3 is 9.47 Å². The highest BCUT2D eigenvalue weighted by Crippen LogP contribution is 2.26. The molecule has 2 rings (SSSR count). The minimum Gasteiger partial charge on any atom is -0.496 e. The third-order valence-corrected chi connectivity index (χ3v) is 5.00. The van der Waals surface area contributed by atoms with Crippen LogP contribution in [0.1, 0.15) is 17.2 Å². The van der Waals surface area contributed by atoms with Crippen molar-refractivity contribution in [3.8, 4) is 5.75 Å². The normalized spacial score (nSPS) is 12.8. The summed E-state index contributed by atoms with van der Waals surface area (Å²) in [6.07, 6.45) is -0.439. The fourth-order valence-corrected chi connectivity index (χ4v) is 3.27. The first-order valence-corrected chi connectivity index (χ1v) is 8.68. The monoisotopic (exact) mass is 335 g/mol. The predicted molar refractivity (Wildman–Crippen MR) is 89.1 cm³/mol. The molecule has 2 aromatic rings. The Kier molecular flexibility index (Phi) is 5.76. The van der Waals surface area contributed by atoms with Crippen molar-refractivity contribution in [1.29, 1.82) is 0 Å². The Labute approximate surface area is 137 Å². The molecule has 5 nitrogen and oxygen atoms in total. The number of benzene rings is 2. The van der Waals surface area contributed by atoms with E-state index < -0.39 is 16.1 Å². The van der Waals surface area contributed by atoms with Gasteiger partial charge in [-0.1, -0.05) is 35.9 Å². The number of hydrogen-bond acceptors (Lipinski definition) is 4. The number of nitrogens with one attached hydrogen (secondary N) is 1. The van der Waals surface area contributed by atoms with Crippen molar-refractivity contribution in [2.24, 2.45) is 0 Å². The molecule has 0 saturated carbocycles. The molecule has 124 valence electrons. The second-order valence-electron chi connectivity index (χ2n) is 5.13. The highest BCUT2D eigenvalue weighted by molar-refractivity contribution is 7.89. The van der Waals surface area contributed by atoms with Crippen molar-refractivity contribution in [2.45, 2.75) is 17.9 Å². The van der Waals surface area contributed by atoms with E-state index in [0.29, 0.717) is 5.75 Å². The molecule has 1 unspecified atom stereocenters. The molecule has 0 bridgehead atoms. The van der Waals surface area contributed by atoms with E-state index in [1.807, 2.05) is 31.2 Å². The van der Waals surface area contributed by atoms with Gasteiger partial charge in [-0.2, -0.15) is 0 Å². The van der Waals surface area contributed by atoms with Crippen LogP contribution in [0.3, 0.4) is 0 Å². The maximum Gasteiger partial charge on any atom is 0.240 e. The average molecular weight is 335 g/mol. The third kappa shape index (κ3) is 4.31. The second-order valence-corrected chi connectivity index (χ2v) is 6.90. The summed E-state index contributed by atoms with van der Waals surface area (Å²) in [5, 5.41) is 0. The van der Waals surface area contributed by atoms with Crippen LogP contribution < -0.4 is 9.46 Å². The van der Waals surface area contributed by atoms with E-state index in [1.54, 1.807) is 31.4 Å². The van der Waals surface area contributed by atoms with Gasteiger partial charge in [0.25, 0.3) is 0 Å². The summed E-state index contributed by atoms with van der Waals surface area (Å²) in [6.45, 7) is 2.03. The first-order valence-electron chi connectivity index (χ1n) is 7.20. The predicted octanol–water partition coefficient (Wildman–Crippen LogP) is 2.67. The summed E-state index contributed by atoms with van der Waals surface area (Å²) in [6, 6.07) is 14.1. The molecule has 0 aliphatic carbocycles. The molecular weight excluding hydrogens is 314 g/mol. The van der Waals surface area contributed by atoms with E-state index in [1.165, 1.54) is 7.11 Å². The number of hydrogen-bond donors (Lipinski definition) is 1. The Hall–Kier alpha value is -1.89. The van der Waals surface area contributed by atoms with Crippen molar-refractivity contribution in [2.75, 3.05) is 20.8 Å². The number of methoxy groups -OCH3 is 2. The van der Waals surface area contributed by atoms with Crippen molar-refractivity contribution in [1.82, 2.24) is 4.72 Å². The van der Waals surface area contributed by atoms with Gasteiger partial charge >= 0.3 is 0 Å². The first kappa shape index (κ1) is 17.5. The summed E-state index contributed by atoms with van der Waals surface area (Å²) in [7, 11) is -0.470. The quantitative estimate of drug-likeness (QED) is 0.845. The lowest BCUT2D eigenvalue weighted by molar-refractivity contribution is 0.105. The van der Waals surface area contributed by atoms with Crippen molar-refractivity contribution in [3.05, 3.63) is 59.7 Å². The summed E-state index contributed by atoms with van der Waals surface area (Å²) < 4.78 is 38.0. The van der Waals surface area contributed by atoms with Crippen LogP contribution in [0.15, 0.2) is 53.4 Å². The lowest BCUT2D eigenvalue weighted by Gasteiger charge is -2.19. The maximum absolute atomic E-state index is 12.4. The molecule has 0 amide bonds. The zero-order valence-electron chi connectivity index (χ0n) is 13.4. The van der Waals surface area contributed by atoms with E-state index in [9.17, 15) is 8.42 Å². The number of ether oxygens (including phenoxy) is 2. The Morgan fingerprint density at radius 3 is 2.30 bits per heavy atom. The maximum atomic E-state index is 12.4. The molecule has 6 heteroatoms. The molecule has 1 atom stereocenters. The van der Waals surface area contributed by atoms with Crippen LogP contribution in [-0.4, -0.2) is 29.2 Å². The minimum absolute atomic E-state index is 0.118. The molecule has 23 heavy (non-hydrogen) atoms. The fourth-order valence-electron chi connectivity index (χ4n) is 2.24. The molecule has 1 N–H and O–H groups in total. The Balaban J connectivity index is 2.15. The largest absolute Gasteiger partial charge is 0.496 e. The molecule has 0 heterocycles. The van der Waals surface area contributed by atoms with Gasteiger partial charge in [-0.05, 0) is 25.1 Å². The molecule has 0 radical (unpaired) electrons. The van der Waals surface area contributed by atoms with E-state index in [-0.39, 0.29) is 11.4 Å². The van der Waals surface area contributed by atoms with E-state index in [2.05, 4.69) is 4.72 Å². The summed E-state index contributed by atoms with van der Waals surface area (Å²) >= 11 is 0. The Bertz CT molecular complexity index is 741. The van der Waals surface area contributed by atoms with E-state index in [0.717, 1.165) is 11.1 Å². The van der Waals surface area contributed by atoms with Crippen LogP contribution >= 0.6 is 0 Å². The molecule has 0 aromatic heterocycles. The topological polar surface area (TPSA) is 64.6 Å². The van der Waals surface area contributed by atoms with Crippen molar-refractivity contribution < 1.29 is 17.9 Å². The van der Waals surface area contributed by atoms with Gasteiger partial charge in [0.1, 0.15) is 5.75 Å². The molecule has 0 spiro atoms. The number of para-hydroxylation sites is 1. The first-order chi connectivity index (χ1) is 11.0. The van der Waals surface area contributed by atoms with Gasteiger partial charge in [0, 0.05) is 19.2 Å². The molecular formula is C17H21NO4S. The summed E-state index contributed by atoms with van der Waals surface area (Å²) in [4.78, 5) is 0.234. The molecule has 0 aliphatic heterocycles. The van der Waals surface area contributed by atoms with Crippen molar-refractivity contribution in [3.63, 3.8) is 0 Å². The van der Waals surface area contributed by atoms with Gasteiger partial charge in [0.2, 0.25) is 10.0 Å². The highest BCUT2D eigenvalue weighted by atomic mass is 32.2. The zero-order valence-corrected chi connectivity index (χ0v) is 14.3. The minimum atomic E-state index is -3.58. The standard InChI is InChI=1S/C17H21NO4S/c1-13-8-10-14(11-9-13)23(19,20)18-12-17(22-3)15-6-4-5-7-16(15)21-2/h4-11,17-18H,12H2,1-3H3. The zero-order chi connectivity index (χ0) is 16.9. The summed E-state index contributed by atoms with van der Waals surface area (Å²) in [5.41, 5.74) is 1.80. The second kappa shape index (κ2) is 7.59. The lowest BCUT2D eigenvalue weighted by atomic mass is 10.1. The van der Waals surface area contributed by atoms with Crippen LogP contribution in [0.25, 0.3) is 0 Å². The third-order valence-electron chi connectivity index (χ3n) is 3.56. The smallest absolute Gasteiger partial charge is 0.240 e. The Morgan fingerprint density at radius 1 is 1.04 bits per heavy atom. The van der Waals surface area contributed by atoms with Gasteiger partial charge in [0.05, 0.1) is 18.1 Å². The molecule has 0 saturated heterocycles. The fraction of sp³-hybridized carbons (Fsp3) is 0.294. The summed E-state index contributed by atoms with van der Waals surface area (Å²) in [5.74, 6) is 0.661. The van der Waals surface area contributed by atoms with E-state index in [4.69, 9.17) is 9.47 Å². The SMILES string of the molecule is COc1ccccc1C(CNS(=O)(=O)c1ccc(C)cc1)OC. The van der Waals surface area contributed by atoms with E-state index >= 15 is 0 Å². The van der Waals surface area contributed by atoms with Gasteiger partial charge in [-0.3, -0.25) is 0 Å². The van der Waals surface area contributed by atoms with Crippen molar-refractivity contribution >= 4 is 10.0 Å². The highest BCUT2D eigenvalue weighted by Gasteiger charge is 2.20. The lowest BCUT2D eigenvalue weighted by Crippen LogP contribution is -2.29.